The van der Waals surface area contributed by atoms with Crippen LogP contribution in [0.3, 0.4) is 0 Å². The minimum atomic E-state index is -1.79. The second kappa shape index (κ2) is 10.2. The number of alkyl halides is 3. The van der Waals surface area contributed by atoms with Crippen LogP contribution < -0.4 is 10.6 Å². The summed E-state index contributed by atoms with van der Waals surface area (Å²) in [4.78, 5) is 15.5. The van der Waals surface area contributed by atoms with Gasteiger partial charge in [0.15, 0.2) is 5.82 Å². The van der Waals surface area contributed by atoms with E-state index in [2.05, 4.69) is 44.3 Å². The van der Waals surface area contributed by atoms with E-state index in [9.17, 15) is 0 Å². The van der Waals surface area contributed by atoms with Crippen molar-refractivity contribution in [1.29, 1.82) is 0 Å². The van der Waals surface area contributed by atoms with Gasteiger partial charge >= 0.3 is 0 Å². The van der Waals surface area contributed by atoms with Crippen molar-refractivity contribution >= 4 is 75.6 Å². The zero-order chi connectivity index (χ0) is 21.9. The van der Waals surface area contributed by atoms with Gasteiger partial charge in [0, 0.05) is 21.8 Å². The molecule has 0 bridgehead atoms. The highest BCUT2D eigenvalue weighted by Gasteiger charge is 2.29. The fourth-order valence-corrected chi connectivity index (χ4v) is 4.25. The lowest BCUT2D eigenvalue weighted by atomic mass is 9.90. The lowest BCUT2D eigenvalue weighted by Crippen LogP contribution is -2.39. The predicted molar refractivity (Wildman–Crippen MR) is 127 cm³/mol. The second-order valence-electron chi connectivity index (χ2n) is 7.29. The van der Waals surface area contributed by atoms with Gasteiger partial charge in [0.25, 0.3) is 0 Å². The molecule has 2 aromatic rings. The molecule has 0 amide bonds. The number of likely N-dealkylation sites (tertiary alicyclic amines) is 1. The Morgan fingerprint density at radius 2 is 1.63 bits per heavy atom. The number of nitrogens with one attached hydrogen (secondary N) is 2. The van der Waals surface area contributed by atoms with Gasteiger partial charge in [-0.3, -0.25) is 0 Å². The van der Waals surface area contributed by atoms with Gasteiger partial charge in [-0.15, -0.1) is 0 Å². The average Bonchev–Trinajstić information content (AvgIpc) is 2.66. The van der Waals surface area contributed by atoms with Gasteiger partial charge < -0.3 is 15.5 Å². The topological polar surface area (TPSA) is 66.0 Å². The van der Waals surface area contributed by atoms with Gasteiger partial charge in [0.1, 0.15) is 0 Å². The Labute approximate surface area is 201 Å². The molecule has 1 fully saturated rings. The molecule has 0 aliphatic carbocycles. The van der Waals surface area contributed by atoms with Crippen molar-refractivity contribution < 1.29 is 0 Å². The number of anilines is 3. The standard InChI is InChI=1S/C19H23Cl5N6/c1-3-30-6-4-12(5-7-30)11(2)25-17-27-16(19(22,23)24)28-18(29-17)26-15-9-13(20)8-14(21)10-15/h8-12H,3-7H2,1-2H3,(H2,25,26,27,28,29). The number of aromatic nitrogens is 3. The summed E-state index contributed by atoms with van der Waals surface area (Å²) in [5, 5.41) is 7.36. The van der Waals surface area contributed by atoms with Crippen molar-refractivity contribution in [2.45, 2.75) is 36.5 Å². The minimum absolute atomic E-state index is 0.0219. The second-order valence-corrected chi connectivity index (χ2v) is 10.4. The van der Waals surface area contributed by atoms with E-state index in [0.29, 0.717) is 27.6 Å². The van der Waals surface area contributed by atoms with Crippen LogP contribution in [0.4, 0.5) is 17.6 Å². The Morgan fingerprint density at radius 3 is 2.20 bits per heavy atom. The SMILES string of the molecule is CCN1CCC(C(C)Nc2nc(Nc3cc(Cl)cc(Cl)c3)nc(C(Cl)(Cl)Cl)n2)CC1. The number of hydrogen-bond acceptors (Lipinski definition) is 6. The molecular formula is C19H23Cl5N6. The smallest absolute Gasteiger partial charge is 0.250 e. The fourth-order valence-electron chi connectivity index (χ4n) is 3.47. The molecule has 3 rings (SSSR count). The van der Waals surface area contributed by atoms with Crippen LogP contribution in [0.1, 0.15) is 32.5 Å². The molecule has 0 radical (unpaired) electrons. The van der Waals surface area contributed by atoms with Crippen LogP contribution in [-0.2, 0) is 3.79 Å². The third kappa shape index (κ3) is 6.62. The monoisotopic (exact) mass is 510 g/mol. The molecule has 6 nitrogen and oxygen atoms in total. The number of halogens is 5. The van der Waals surface area contributed by atoms with Crippen LogP contribution in [0.5, 0.6) is 0 Å². The summed E-state index contributed by atoms with van der Waals surface area (Å²) in [5.41, 5.74) is 0.611. The van der Waals surface area contributed by atoms with Crippen LogP contribution in [-0.4, -0.2) is 45.5 Å². The molecule has 1 aromatic carbocycles. The third-order valence-electron chi connectivity index (χ3n) is 5.15. The lowest BCUT2D eigenvalue weighted by Gasteiger charge is -2.34. The molecule has 1 unspecified atom stereocenters. The number of hydrogen-bond donors (Lipinski definition) is 2. The van der Waals surface area contributed by atoms with Crippen LogP contribution >= 0.6 is 58.0 Å². The first kappa shape index (κ1) is 23.9. The van der Waals surface area contributed by atoms with E-state index >= 15 is 0 Å². The van der Waals surface area contributed by atoms with Crippen molar-refractivity contribution in [3.05, 3.63) is 34.1 Å². The Balaban J connectivity index is 1.80. The van der Waals surface area contributed by atoms with Crippen molar-refractivity contribution in [1.82, 2.24) is 19.9 Å². The first-order valence-corrected chi connectivity index (χ1v) is 11.6. The number of rotatable bonds is 6. The van der Waals surface area contributed by atoms with E-state index in [1.807, 2.05) is 0 Å². The van der Waals surface area contributed by atoms with Gasteiger partial charge in [-0.2, -0.15) is 15.0 Å². The summed E-state index contributed by atoms with van der Waals surface area (Å²) in [6.07, 6.45) is 2.22. The molecule has 30 heavy (non-hydrogen) atoms. The van der Waals surface area contributed by atoms with Gasteiger partial charge in [-0.05, 0) is 63.5 Å². The number of piperidine rings is 1. The Hall–Kier alpha value is -0.760. The van der Waals surface area contributed by atoms with E-state index in [4.69, 9.17) is 58.0 Å². The molecule has 2 heterocycles. The molecule has 0 spiro atoms. The van der Waals surface area contributed by atoms with Crippen LogP contribution in [0.15, 0.2) is 18.2 Å². The van der Waals surface area contributed by atoms with Crippen LogP contribution in [0.25, 0.3) is 0 Å². The van der Waals surface area contributed by atoms with Gasteiger partial charge in [0.05, 0.1) is 0 Å². The molecule has 1 aliphatic rings. The van der Waals surface area contributed by atoms with E-state index in [0.717, 1.165) is 32.5 Å². The maximum absolute atomic E-state index is 6.07. The van der Waals surface area contributed by atoms with E-state index in [1.165, 1.54) is 0 Å². The summed E-state index contributed by atoms with van der Waals surface area (Å²) >= 11 is 30.3. The first-order valence-electron chi connectivity index (χ1n) is 9.69. The lowest BCUT2D eigenvalue weighted by molar-refractivity contribution is 0.183. The van der Waals surface area contributed by atoms with Gasteiger partial charge in [0.2, 0.25) is 15.7 Å². The largest absolute Gasteiger partial charge is 0.351 e. The maximum Gasteiger partial charge on any atom is 0.250 e. The van der Waals surface area contributed by atoms with Crippen molar-refractivity contribution in [3.63, 3.8) is 0 Å². The molecule has 1 aliphatic heterocycles. The van der Waals surface area contributed by atoms with E-state index in [-0.39, 0.29) is 17.8 Å². The molecule has 1 aromatic heterocycles. The summed E-state index contributed by atoms with van der Waals surface area (Å²) in [5.74, 6) is 1.09. The summed E-state index contributed by atoms with van der Waals surface area (Å²) in [6, 6.07) is 5.18. The van der Waals surface area contributed by atoms with E-state index in [1.54, 1.807) is 18.2 Å². The quantitative estimate of drug-likeness (QED) is 0.444. The predicted octanol–water partition coefficient (Wildman–Crippen LogP) is 6.28. The fraction of sp³-hybridized carbons (Fsp3) is 0.526. The molecule has 1 atom stereocenters. The molecule has 0 saturated carbocycles. The molecule has 164 valence electrons. The zero-order valence-corrected chi connectivity index (χ0v) is 20.4. The van der Waals surface area contributed by atoms with E-state index < -0.39 is 3.79 Å². The normalized spacial score (nSPS) is 17.0. The Bertz CT molecular complexity index is 847. The molecule has 11 heteroatoms. The van der Waals surface area contributed by atoms with Crippen molar-refractivity contribution in [3.8, 4) is 0 Å². The van der Waals surface area contributed by atoms with Gasteiger partial charge in [-0.25, -0.2) is 0 Å². The highest BCUT2D eigenvalue weighted by atomic mass is 35.6. The third-order valence-corrected chi connectivity index (χ3v) is 6.09. The summed E-state index contributed by atoms with van der Waals surface area (Å²) in [7, 11) is 0. The maximum atomic E-state index is 6.07. The minimum Gasteiger partial charge on any atom is -0.351 e. The average molecular weight is 513 g/mol. The Kier molecular flexibility index (Phi) is 8.15. The number of benzene rings is 1. The number of nitrogens with zero attached hydrogens (tertiary/aromatic N) is 4. The van der Waals surface area contributed by atoms with Crippen LogP contribution in [0, 0.1) is 5.92 Å². The molecule has 1 saturated heterocycles. The molecular weight excluding hydrogens is 490 g/mol. The summed E-state index contributed by atoms with van der Waals surface area (Å²) in [6.45, 7) is 7.57. The molecule has 2 N–H and O–H groups in total. The zero-order valence-electron chi connectivity index (χ0n) is 16.6. The van der Waals surface area contributed by atoms with Crippen LogP contribution in [0.2, 0.25) is 10.0 Å². The highest BCUT2D eigenvalue weighted by Crippen LogP contribution is 2.37. The van der Waals surface area contributed by atoms with Crippen molar-refractivity contribution in [2.24, 2.45) is 5.92 Å². The van der Waals surface area contributed by atoms with Crippen molar-refractivity contribution in [2.75, 3.05) is 30.3 Å². The highest BCUT2D eigenvalue weighted by molar-refractivity contribution is 6.66. The summed E-state index contributed by atoms with van der Waals surface area (Å²) < 4.78 is -1.79. The Morgan fingerprint density at radius 1 is 1.03 bits per heavy atom. The van der Waals surface area contributed by atoms with Gasteiger partial charge in [-0.1, -0.05) is 64.9 Å². The first-order chi connectivity index (χ1) is 14.1.